The van der Waals surface area contributed by atoms with Crippen molar-refractivity contribution >= 4 is 63.5 Å². The predicted molar refractivity (Wildman–Crippen MR) is 173 cm³/mol. The summed E-state index contributed by atoms with van der Waals surface area (Å²) in [6, 6.07) is 18.3. The first-order valence-corrected chi connectivity index (χ1v) is 16.3. The summed E-state index contributed by atoms with van der Waals surface area (Å²) in [6.07, 6.45) is 1.84. The van der Waals surface area contributed by atoms with Gasteiger partial charge in [0, 0.05) is 32.4 Å². The Kier molecular flexibility index (Phi) is 12.8. The van der Waals surface area contributed by atoms with E-state index in [1.165, 1.54) is 25.2 Å². The number of aromatic nitrogens is 2. The highest BCUT2D eigenvalue weighted by Crippen LogP contribution is 2.23. The van der Waals surface area contributed by atoms with E-state index >= 15 is 0 Å². The largest absolute Gasteiger partial charge is 0.465 e. The number of esters is 2. The van der Waals surface area contributed by atoms with Crippen LogP contribution in [0.2, 0.25) is 0 Å². The second-order valence-corrected chi connectivity index (χ2v) is 12.3. The van der Waals surface area contributed by atoms with Gasteiger partial charge in [-0.25, -0.2) is 0 Å². The molecule has 2 amide bonds. The van der Waals surface area contributed by atoms with Crippen molar-refractivity contribution in [3.8, 4) is 0 Å². The molecule has 1 aliphatic heterocycles. The third-order valence-electron chi connectivity index (χ3n) is 6.59. The average molecular weight is 651 g/mol. The summed E-state index contributed by atoms with van der Waals surface area (Å²) in [6.45, 7) is 2.49. The summed E-state index contributed by atoms with van der Waals surface area (Å²) in [4.78, 5) is 48.6. The number of benzene rings is 2. The van der Waals surface area contributed by atoms with Gasteiger partial charge in [0.05, 0.1) is 11.8 Å². The molecule has 2 atom stereocenters. The average Bonchev–Trinajstić information content (AvgIpc) is 3.67. The number of carbonyl (C=O) groups excluding carboxylic acids is 4. The van der Waals surface area contributed by atoms with Crippen LogP contribution in [-0.4, -0.2) is 70.2 Å². The van der Waals surface area contributed by atoms with Crippen molar-refractivity contribution in [1.82, 2.24) is 15.5 Å². The van der Waals surface area contributed by atoms with Crippen LogP contribution in [0.25, 0.3) is 0 Å². The van der Waals surface area contributed by atoms with E-state index in [-0.39, 0.29) is 25.0 Å². The molecule has 1 aromatic heterocycles. The third-order valence-corrected chi connectivity index (χ3v) is 8.47. The van der Waals surface area contributed by atoms with Crippen LogP contribution in [0.1, 0.15) is 54.7 Å². The lowest BCUT2D eigenvalue weighted by Gasteiger charge is -2.16. The van der Waals surface area contributed by atoms with Crippen LogP contribution in [0.15, 0.2) is 70.9 Å². The maximum Gasteiger partial charge on any atom is 0.302 e. The molecule has 2 unspecified atom stereocenters. The van der Waals surface area contributed by atoms with Crippen LogP contribution < -0.4 is 10.6 Å². The van der Waals surface area contributed by atoms with Crippen LogP contribution >= 0.6 is 23.1 Å². The zero-order chi connectivity index (χ0) is 32.0. The first-order chi connectivity index (χ1) is 21.8. The smallest absolute Gasteiger partial charge is 0.302 e. The molecule has 2 N–H and O–H groups in total. The van der Waals surface area contributed by atoms with Crippen molar-refractivity contribution < 1.29 is 28.7 Å². The number of aryl methyl sites for hydroxylation is 1. The summed E-state index contributed by atoms with van der Waals surface area (Å²) >= 11 is 3.04. The number of carbonyl (C=O) groups is 4. The Morgan fingerprint density at radius 3 is 1.91 bits per heavy atom. The normalized spacial score (nSPS) is 13.6. The predicted octanol–water partition coefficient (Wildman–Crippen LogP) is 4.11. The molecule has 2 heterocycles. The molecular formula is C31H34N6O6S2. The van der Waals surface area contributed by atoms with Crippen molar-refractivity contribution in [2.75, 3.05) is 30.0 Å². The van der Waals surface area contributed by atoms with E-state index in [1.54, 1.807) is 11.8 Å². The minimum atomic E-state index is -0.666. The molecule has 14 heteroatoms. The Labute approximate surface area is 269 Å². The van der Waals surface area contributed by atoms with E-state index in [1.807, 2.05) is 60.7 Å². The molecule has 0 saturated carbocycles. The van der Waals surface area contributed by atoms with Crippen molar-refractivity contribution in [2.24, 2.45) is 10.2 Å². The van der Waals surface area contributed by atoms with Crippen LogP contribution in [0.5, 0.6) is 0 Å². The molecule has 236 valence electrons. The monoisotopic (exact) mass is 650 g/mol. The summed E-state index contributed by atoms with van der Waals surface area (Å²) in [5.41, 5.74) is 2.35. The first-order valence-electron chi connectivity index (χ1n) is 14.3. The van der Waals surface area contributed by atoms with E-state index in [0.29, 0.717) is 30.2 Å². The maximum atomic E-state index is 13.0. The van der Waals surface area contributed by atoms with Gasteiger partial charge in [0.15, 0.2) is 0 Å². The number of amides is 2. The molecule has 0 aliphatic carbocycles. The second-order valence-electron chi connectivity index (χ2n) is 10.0. The quantitative estimate of drug-likeness (QED) is 0.182. The van der Waals surface area contributed by atoms with E-state index in [0.717, 1.165) is 33.4 Å². The van der Waals surface area contributed by atoms with E-state index < -0.39 is 23.8 Å². The number of nitrogens with zero attached hydrogens (tertiary/aromatic N) is 4. The summed E-state index contributed by atoms with van der Waals surface area (Å²) in [5, 5.41) is 23.5. The van der Waals surface area contributed by atoms with Gasteiger partial charge in [-0.1, -0.05) is 72.0 Å². The molecule has 4 rings (SSSR count). The van der Waals surface area contributed by atoms with Gasteiger partial charge < -0.3 is 14.8 Å². The van der Waals surface area contributed by atoms with Crippen molar-refractivity contribution in [2.45, 2.75) is 44.9 Å². The van der Waals surface area contributed by atoms with Crippen molar-refractivity contribution in [1.29, 1.82) is 0 Å². The SMILES string of the molecule is CC(=O)OCC(C(=O)NC1=NN=C(CCSCCc2nnc(NC(=O)C(COC(C)=O)c3ccccc3)s2)C1)c1ccccc1. The molecule has 2 aromatic carbocycles. The van der Waals surface area contributed by atoms with Crippen molar-refractivity contribution in [3.63, 3.8) is 0 Å². The number of thioether (sulfide) groups is 1. The van der Waals surface area contributed by atoms with Crippen LogP contribution in [0.3, 0.4) is 0 Å². The number of nitrogens with one attached hydrogen (secondary N) is 2. The van der Waals surface area contributed by atoms with Gasteiger partial charge >= 0.3 is 11.9 Å². The van der Waals surface area contributed by atoms with Gasteiger partial charge in [0.2, 0.25) is 16.9 Å². The molecular weight excluding hydrogens is 617 g/mol. The molecule has 0 fully saturated rings. The molecule has 3 aromatic rings. The van der Waals surface area contributed by atoms with E-state index in [2.05, 4.69) is 31.0 Å². The molecule has 0 radical (unpaired) electrons. The number of ether oxygens (including phenoxy) is 2. The minimum absolute atomic E-state index is 0.0599. The first kappa shape index (κ1) is 33.5. The lowest BCUT2D eigenvalue weighted by molar-refractivity contribution is -0.143. The van der Waals surface area contributed by atoms with E-state index in [9.17, 15) is 19.2 Å². The van der Waals surface area contributed by atoms with Gasteiger partial charge in [-0.05, 0) is 29.1 Å². The van der Waals surface area contributed by atoms with Gasteiger partial charge in [-0.15, -0.1) is 15.3 Å². The maximum absolute atomic E-state index is 13.0. The van der Waals surface area contributed by atoms with E-state index in [4.69, 9.17) is 9.47 Å². The van der Waals surface area contributed by atoms with Gasteiger partial charge in [-0.2, -0.15) is 16.9 Å². The fourth-order valence-electron chi connectivity index (χ4n) is 4.30. The third kappa shape index (κ3) is 10.9. The molecule has 12 nitrogen and oxygen atoms in total. The minimum Gasteiger partial charge on any atom is -0.465 e. The number of rotatable bonds is 15. The van der Waals surface area contributed by atoms with Crippen LogP contribution in [-0.2, 0) is 35.1 Å². The van der Waals surface area contributed by atoms with Crippen LogP contribution in [0.4, 0.5) is 5.13 Å². The topological polar surface area (TPSA) is 161 Å². The number of amidine groups is 1. The highest BCUT2D eigenvalue weighted by atomic mass is 32.2. The molecule has 0 saturated heterocycles. The van der Waals surface area contributed by atoms with Crippen molar-refractivity contribution in [3.05, 3.63) is 76.8 Å². The lowest BCUT2D eigenvalue weighted by Crippen LogP contribution is -2.36. The standard InChI is InChI=1S/C31H34N6O6S2/c1-20(38)42-18-25(22-9-5-3-6-10-22)29(40)32-27-17-24(34-35-27)13-15-44-16-14-28-36-37-31(45-28)33-30(41)26(19-43-21(2)39)23-11-7-4-8-12-23/h3-12,25-26H,13-19H2,1-2H3,(H,32,35,40)(H,33,37,41). The van der Waals surface area contributed by atoms with Gasteiger partial charge in [0.25, 0.3) is 0 Å². The molecule has 45 heavy (non-hydrogen) atoms. The molecule has 0 bridgehead atoms. The Bertz CT molecular complexity index is 1530. The molecule has 1 aliphatic rings. The Hall–Kier alpha value is -4.43. The zero-order valence-electron chi connectivity index (χ0n) is 24.9. The second kappa shape index (κ2) is 17.2. The Balaban J connectivity index is 1.16. The Morgan fingerprint density at radius 2 is 1.33 bits per heavy atom. The van der Waals surface area contributed by atoms with Crippen LogP contribution in [0, 0.1) is 0 Å². The highest BCUT2D eigenvalue weighted by Gasteiger charge is 2.25. The van der Waals surface area contributed by atoms with Gasteiger partial charge in [0.1, 0.15) is 24.1 Å². The number of anilines is 1. The fraction of sp³-hybridized carbons (Fsp3) is 0.355. The summed E-state index contributed by atoms with van der Waals surface area (Å²) in [7, 11) is 0. The zero-order valence-corrected chi connectivity index (χ0v) is 26.6. The molecule has 0 spiro atoms. The summed E-state index contributed by atoms with van der Waals surface area (Å²) in [5.74, 6) is -0.778. The summed E-state index contributed by atoms with van der Waals surface area (Å²) < 4.78 is 10.2. The Morgan fingerprint density at radius 1 is 0.778 bits per heavy atom. The number of hydrogen-bond donors (Lipinski definition) is 2. The fourth-order valence-corrected chi connectivity index (χ4v) is 6.09. The number of hydrogen-bond acceptors (Lipinski definition) is 12. The van der Waals surface area contributed by atoms with Gasteiger partial charge in [-0.3, -0.25) is 24.5 Å². The highest BCUT2D eigenvalue weighted by molar-refractivity contribution is 7.99. The lowest BCUT2D eigenvalue weighted by atomic mass is 9.99.